The van der Waals surface area contributed by atoms with Crippen LogP contribution in [0.15, 0.2) is 70.5 Å². The molecule has 0 aromatic heterocycles. The molecule has 0 unspecified atom stereocenters. The van der Waals surface area contributed by atoms with Gasteiger partial charge in [0.05, 0.1) is 0 Å². The Bertz CT molecular complexity index is 469. The summed E-state index contributed by atoms with van der Waals surface area (Å²) in [4.78, 5) is 13.9. The number of hydrogen-bond acceptors (Lipinski definition) is 3. The summed E-state index contributed by atoms with van der Waals surface area (Å²) in [6.07, 6.45) is 1.86. The molecular formula is C16H16OS2. The maximum Gasteiger partial charge on any atom is 0.146 e. The van der Waals surface area contributed by atoms with Gasteiger partial charge < -0.3 is 4.79 Å². The van der Waals surface area contributed by atoms with Gasteiger partial charge in [0.1, 0.15) is 10.4 Å². The third-order valence-electron chi connectivity index (χ3n) is 2.74. The molecule has 0 N–H and O–H groups in total. The Hall–Kier alpha value is -1.19. The fourth-order valence-electron chi connectivity index (χ4n) is 1.67. The molecule has 0 radical (unpaired) electrons. The van der Waals surface area contributed by atoms with E-state index in [0.717, 1.165) is 22.5 Å². The fourth-order valence-corrected chi connectivity index (χ4v) is 4.19. The molecule has 2 rings (SSSR count). The van der Waals surface area contributed by atoms with Crippen LogP contribution in [0, 0.1) is 0 Å². The third kappa shape index (κ3) is 3.88. The van der Waals surface area contributed by atoms with Crippen LogP contribution in [-0.4, -0.2) is 10.4 Å². The summed E-state index contributed by atoms with van der Waals surface area (Å²) in [5.41, 5.74) is 0. The molecule has 0 bridgehead atoms. The van der Waals surface area contributed by atoms with Gasteiger partial charge in [-0.1, -0.05) is 43.3 Å². The summed E-state index contributed by atoms with van der Waals surface area (Å²) < 4.78 is -0.456. The summed E-state index contributed by atoms with van der Waals surface area (Å²) >= 11 is 3.25. The molecule has 3 heteroatoms. The van der Waals surface area contributed by atoms with Crippen LogP contribution in [0.5, 0.6) is 0 Å². The van der Waals surface area contributed by atoms with Gasteiger partial charge in [-0.15, -0.1) is 23.5 Å². The molecule has 0 aliphatic rings. The first-order valence-electron chi connectivity index (χ1n) is 6.22. The van der Waals surface area contributed by atoms with Crippen molar-refractivity contribution in [3.05, 3.63) is 60.7 Å². The second-order valence-corrected chi connectivity index (χ2v) is 7.18. The van der Waals surface area contributed by atoms with E-state index < -0.39 is 4.08 Å². The normalized spacial score (nSPS) is 11.2. The predicted octanol–water partition coefficient (Wildman–Crippen LogP) is 4.88. The zero-order valence-electron chi connectivity index (χ0n) is 10.8. The van der Waals surface area contributed by atoms with Crippen molar-refractivity contribution >= 4 is 29.8 Å². The molecule has 1 nitrogen and oxygen atoms in total. The van der Waals surface area contributed by atoms with Crippen molar-refractivity contribution in [2.24, 2.45) is 0 Å². The lowest BCUT2D eigenvalue weighted by atomic mass is 10.3. The van der Waals surface area contributed by atoms with Crippen LogP contribution in [0.1, 0.15) is 13.3 Å². The number of carbonyl (C=O) groups is 1. The Kier molecular flexibility index (Phi) is 5.11. The molecule has 0 spiro atoms. The van der Waals surface area contributed by atoms with Gasteiger partial charge in [0.25, 0.3) is 0 Å². The minimum atomic E-state index is -0.456. The highest BCUT2D eigenvalue weighted by Crippen LogP contribution is 2.46. The molecule has 19 heavy (non-hydrogen) atoms. The Morgan fingerprint density at radius 2 is 1.32 bits per heavy atom. The maximum absolute atomic E-state index is 11.6. The molecule has 0 saturated carbocycles. The summed E-state index contributed by atoms with van der Waals surface area (Å²) in [5, 5.41) is 0. The summed E-state index contributed by atoms with van der Waals surface area (Å²) in [5.74, 6) is 0. The van der Waals surface area contributed by atoms with Crippen LogP contribution in [-0.2, 0) is 4.79 Å². The Labute approximate surface area is 122 Å². The molecule has 0 saturated heterocycles. The molecular weight excluding hydrogens is 272 g/mol. The van der Waals surface area contributed by atoms with Gasteiger partial charge >= 0.3 is 0 Å². The number of hydrogen-bond donors (Lipinski definition) is 0. The Morgan fingerprint density at radius 1 is 0.895 bits per heavy atom. The quantitative estimate of drug-likeness (QED) is 0.428. The van der Waals surface area contributed by atoms with Gasteiger partial charge in [-0.05, 0) is 30.7 Å². The fraction of sp³-hybridized carbons (Fsp3) is 0.188. The van der Waals surface area contributed by atoms with Crippen LogP contribution in [0.2, 0.25) is 0 Å². The first-order chi connectivity index (χ1) is 9.28. The monoisotopic (exact) mass is 288 g/mol. The molecule has 2 aromatic rings. The first kappa shape index (κ1) is 14.2. The molecule has 98 valence electrons. The SMILES string of the molecule is CCC(C=O)(Sc1ccccc1)Sc1ccccc1. The highest BCUT2D eigenvalue weighted by molar-refractivity contribution is 8.19. The lowest BCUT2D eigenvalue weighted by Crippen LogP contribution is -2.20. The van der Waals surface area contributed by atoms with Crippen molar-refractivity contribution < 1.29 is 4.79 Å². The van der Waals surface area contributed by atoms with E-state index in [1.54, 1.807) is 23.5 Å². The van der Waals surface area contributed by atoms with Crippen LogP contribution in [0.4, 0.5) is 0 Å². The number of rotatable bonds is 6. The van der Waals surface area contributed by atoms with Crippen molar-refractivity contribution in [1.82, 2.24) is 0 Å². The first-order valence-corrected chi connectivity index (χ1v) is 7.86. The number of carbonyl (C=O) groups excluding carboxylic acids is 1. The highest BCUT2D eigenvalue weighted by Gasteiger charge is 2.30. The lowest BCUT2D eigenvalue weighted by Gasteiger charge is -2.25. The largest absolute Gasteiger partial charge is 0.301 e. The molecule has 0 heterocycles. The van der Waals surface area contributed by atoms with Gasteiger partial charge in [0.15, 0.2) is 0 Å². The van der Waals surface area contributed by atoms with E-state index in [1.165, 1.54) is 0 Å². The molecule has 2 aromatic carbocycles. The minimum absolute atomic E-state index is 0.456. The van der Waals surface area contributed by atoms with Crippen molar-refractivity contribution in [3.63, 3.8) is 0 Å². The summed E-state index contributed by atoms with van der Waals surface area (Å²) in [6.45, 7) is 2.06. The van der Waals surface area contributed by atoms with Crippen molar-refractivity contribution in [1.29, 1.82) is 0 Å². The van der Waals surface area contributed by atoms with Crippen molar-refractivity contribution in [2.75, 3.05) is 0 Å². The number of aldehydes is 1. The maximum atomic E-state index is 11.6. The van der Waals surface area contributed by atoms with Gasteiger partial charge in [-0.25, -0.2) is 0 Å². The van der Waals surface area contributed by atoms with E-state index in [-0.39, 0.29) is 0 Å². The molecule has 0 fully saturated rings. The number of thioether (sulfide) groups is 2. The standard InChI is InChI=1S/C16H16OS2/c1-2-16(13-17,18-14-9-5-3-6-10-14)19-15-11-7-4-8-12-15/h3-13H,2H2,1H3. The van der Waals surface area contributed by atoms with E-state index >= 15 is 0 Å². The van der Waals surface area contributed by atoms with Gasteiger partial charge in [0.2, 0.25) is 0 Å². The van der Waals surface area contributed by atoms with Crippen molar-refractivity contribution in [3.8, 4) is 0 Å². The average molecular weight is 288 g/mol. The van der Waals surface area contributed by atoms with Crippen LogP contribution in [0.3, 0.4) is 0 Å². The average Bonchev–Trinajstić information content (AvgIpc) is 2.48. The second-order valence-electron chi connectivity index (χ2n) is 4.11. The van der Waals surface area contributed by atoms with Crippen LogP contribution < -0.4 is 0 Å². The molecule has 0 aliphatic heterocycles. The molecule has 0 amide bonds. The third-order valence-corrected chi connectivity index (χ3v) is 5.72. The van der Waals surface area contributed by atoms with E-state index in [4.69, 9.17) is 0 Å². The topological polar surface area (TPSA) is 17.1 Å². The summed E-state index contributed by atoms with van der Waals surface area (Å²) in [7, 11) is 0. The van der Waals surface area contributed by atoms with Crippen LogP contribution in [0.25, 0.3) is 0 Å². The second kappa shape index (κ2) is 6.83. The zero-order valence-corrected chi connectivity index (χ0v) is 12.4. The zero-order chi connectivity index (χ0) is 13.6. The van der Waals surface area contributed by atoms with E-state index in [9.17, 15) is 4.79 Å². The van der Waals surface area contributed by atoms with Gasteiger partial charge in [0, 0.05) is 9.79 Å². The highest BCUT2D eigenvalue weighted by atomic mass is 32.2. The smallest absolute Gasteiger partial charge is 0.146 e. The number of benzene rings is 2. The summed E-state index contributed by atoms with van der Waals surface area (Å²) in [6, 6.07) is 20.2. The minimum Gasteiger partial charge on any atom is -0.301 e. The van der Waals surface area contributed by atoms with Crippen molar-refractivity contribution in [2.45, 2.75) is 27.2 Å². The van der Waals surface area contributed by atoms with Gasteiger partial charge in [-0.3, -0.25) is 0 Å². The van der Waals surface area contributed by atoms with E-state index in [0.29, 0.717) is 0 Å². The van der Waals surface area contributed by atoms with E-state index in [1.807, 2.05) is 60.7 Å². The lowest BCUT2D eigenvalue weighted by molar-refractivity contribution is -0.108. The Balaban J connectivity index is 2.20. The Morgan fingerprint density at radius 3 is 1.63 bits per heavy atom. The predicted molar refractivity (Wildman–Crippen MR) is 83.7 cm³/mol. The molecule has 0 aliphatic carbocycles. The van der Waals surface area contributed by atoms with Crippen LogP contribution >= 0.6 is 23.5 Å². The van der Waals surface area contributed by atoms with E-state index in [2.05, 4.69) is 6.92 Å². The van der Waals surface area contributed by atoms with Gasteiger partial charge in [-0.2, -0.15) is 0 Å². The molecule has 0 atom stereocenters.